The fourth-order valence-electron chi connectivity index (χ4n) is 2.96. The van der Waals surface area contributed by atoms with Crippen LogP contribution in [0.4, 0.5) is 24.5 Å². The highest BCUT2D eigenvalue weighted by Crippen LogP contribution is 2.31. The number of anilines is 2. The largest absolute Gasteiger partial charge is 0.501 e. The van der Waals surface area contributed by atoms with Gasteiger partial charge in [0.2, 0.25) is 0 Å². The summed E-state index contributed by atoms with van der Waals surface area (Å²) in [7, 11) is -3.76. The summed E-state index contributed by atoms with van der Waals surface area (Å²) in [6, 6.07) is 18.5. The van der Waals surface area contributed by atoms with Crippen LogP contribution in [-0.4, -0.2) is 39.8 Å². The molecular weight excluding hydrogens is 509 g/mol. The van der Waals surface area contributed by atoms with E-state index in [-0.39, 0.29) is 5.91 Å². The van der Waals surface area contributed by atoms with Crippen molar-refractivity contribution in [3.8, 4) is 5.75 Å². The number of hydrogen-bond acceptors (Lipinski definition) is 6. The van der Waals surface area contributed by atoms with E-state index < -0.39 is 20.2 Å². The van der Waals surface area contributed by atoms with E-state index >= 15 is 0 Å². The molecule has 2 N–H and O–H groups in total. The molecule has 7 nitrogen and oxygen atoms in total. The number of hydrogen-bond donors (Lipinski definition) is 2. The van der Waals surface area contributed by atoms with E-state index in [4.69, 9.17) is 4.74 Å². The number of halogens is 3. The Bertz CT molecular complexity index is 1310. The number of carbonyl (C=O) groups excluding carboxylic acids is 2. The van der Waals surface area contributed by atoms with Crippen molar-refractivity contribution in [1.29, 1.82) is 0 Å². The molecule has 0 aliphatic rings. The molecule has 0 aliphatic carbocycles. The number of rotatable bonds is 9. The van der Waals surface area contributed by atoms with Crippen LogP contribution in [0.5, 0.6) is 5.75 Å². The lowest BCUT2D eigenvalue weighted by Crippen LogP contribution is -2.23. The van der Waals surface area contributed by atoms with Crippen LogP contribution in [-0.2, 0) is 9.84 Å². The average molecular weight is 537 g/mol. The number of benzene rings is 3. The summed E-state index contributed by atoms with van der Waals surface area (Å²) in [6.45, 7) is 2.66. The van der Waals surface area contributed by atoms with Gasteiger partial charge in [-0.1, -0.05) is 43.7 Å². The summed E-state index contributed by atoms with van der Waals surface area (Å²) >= 11 is 0. The second-order valence-electron chi connectivity index (χ2n) is 7.58. The minimum atomic E-state index is -5.26. The number of para-hydroxylation sites is 2. The molecule has 198 valence electrons. The van der Waals surface area contributed by atoms with Crippen LogP contribution >= 0.6 is 0 Å². The van der Waals surface area contributed by atoms with Gasteiger partial charge in [-0.05, 0) is 48.9 Å². The molecule has 0 aromatic heterocycles. The normalized spacial score (nSPS) is 11.1. The van der Waals surface area contributed by atoms with E-state index in [2.05, 4.69) is 17.6 Å². The first-order valence-corrected chi connectivity index (χ1v) is 12.7. The smallest absolute Gasteiger partial charge is 0.493 e. The van der Waals surface area contributed by atoms with Crippen LogP contribution < -0.4 is 15.4 Å². The Morgan fingerprint density at radius 3 is 2.32 bits per heavy atom. The van der Waals surface area contributed by atoms with Gasteiger partial charge in [0.1, 0.15) is 5.75 Å². The number of aldehydes is 1. The molecule has 0 saturated carbocycles. The van der Waals surface area contributed by atoms with Crippen LogP contribution in [0.25, 0.3) is 0 Å². The number of sulfone groups is 1. The van der Waals surface area contributed by atoms with E-state index in [1.165, 1.54) is 19.2 Å². The Hall–Kier alpha value is -3.86. The molecule has 3 rings (SSSR count). The van der Waals surface area contributed by atoms with Crippen LogP contribution in [0.15, 0.2) is 77.7 Å². The zero-order chi connectivity index (χ0) is 27.5. The van der Waals surface area contributed by atoms with Crippen LogP contribution in [0, 0.1) is 0 Å². The van der Waals surface area contributed by atoms with Gasteiger partial charge in [-0.15, -0.1) is 0 Å². The first kappa shape index (κ1) is 29.4. The van der Waals surface area contributed by atoms with Crippen LogP contribution in [0.1, 0.15) is 40.5 Å². The molecule has 0 bridgehead atoms. The van der Waals surface area contributed by atoms with Crippen molar-refractivity contribution in [2.75, 3.05) is 24.3 Å². The SMILES string of the molecule is CCCCOc1ccccc1C(=O)Nc1ccccc1C=O.CNc1cccc(S(=O)(=O)C(F)(F)F)c1. The predicted octanol–water partition coefficient (Wildman–Crippen LogP) is 5.95. The van der Waals surface area contributed by atoms with Crippen LogP contribution in [0.3, 0.4) is 0 Å². The quantitative estimate of drug-likeness (QED) is 0.259. The molecule has 0 fully saturated rings. The molecule has 3 aromatic rings. The molecule has 37 heavy (non-hydrogen) atoms. The maximum atomic E-state index is 12.4. The number of unbranched alkanes of at least 4 members (excludes halogenated alkanes) is 1. The van der Waals surface area contributed by atoms with Gasteiger partial charge < -0.3 is 15.4 Å². The summed E-state index contributed by atoms with van der Waals surface area (Å²) in [6.07, 6.45) is 2.68. The fourth-order valence-corrected chi connectivity index (χ4v) is 3.77. The zero-order valence-electron chi connectivity index (χ0n) is 20.2. The maximum Gasteiger partial charge on any atom is 0.501 e. The number of alkyl halides is 3. The minimum Gasteiger partial charge on any atom is -0.493 e. The highest BCUT2D eigenvalue weighted by Gasteiger charge is 2.46. The number of amides is 1. The molecule has 11 heteroatoms. The second-order valence-corrected chi connectivity index (χ2v) is 9.53. The minimum absolute atomic E-state index is 0.290. The molecule has 0 aliphatic heterocycles. The highest BCUT2D eigenvalue weighted by atomic mass is 32.2. The van der Waals surface area contributed by atoms with E-state index in [9.17, 15) is 31.2 Å². The van der Waals surface area contributed by atoms with Crippen molar-refractivity contribution >= 4 is 33.4 Å². The number of ether oxygens (including phenoxy) is 1. The Balaban J connectivity index is 0.000000281. The van der Waals surface area contributed by atoms with Gasteiger partial charge in [0, 0.05) is 18.3 Å². The summed E-state index contributed by atoms with van der Waals surface area (Å²) in [5.41, 5.74) is -3.56. The van der Waals surface area contributed by atoms with Gasteiger partial charge in [-0.3, -0.25) is 9.59 Å². The molecule has 0 radical (unpaired) electrons. The van der Waals surface area contributed by atoms with Gasteiger partial charge in [0.15, 0.2) is 6.29 Å². The van der Waals surface area contributed by atoms with E-state index in [0.29, 0.717) is 34.9 Å². The van der Waals surface area contributed by atoms with E-state index in [1.807, 2.05) is 6.07 Å². The van der Waals surface area contributed by atoms with Crippen LogP contribution in [0.2, 0.25) is 0 Å². The second kappa shape index (κ2) is 13.4. The maximum absolute atomic E-state index is 12.4. The van der Waals surface area contributed by atoms with Gasteiger partial charge in [0.25, 0.3) is 15.7 Å². The topological polar surface area (TPSA) is 102 Å². The van der Waals surface area contributed by atoms with Crippen molar-refractivity contribution < 1.29 is 35.9 Å². The van der Waals surface area contributed by atoms with Crippen molar-refractivity contribution in [2.24, 2.45) is 0 Å². The Labute approximate surface area is 213 Å². The lowest BCUT2D eigenvalue weighted by molar-refractivity contribution is -0.0436. The van der Waals surface area contributed by atoms with E-state index in [0.717, 1.165) is 31.3 Å². The molecule has 0 saturated heterocycles. The Morgan fingerprint density at radius 1 is 1.00 bits per heavy atom. The lowest BCUT2D eigenvalue weighted by atomic mass is 10.1. The average Bonchev–Trinajstić information content (AvgIpc) is 2.89. The number of nitrogens with one attached hydrogen (secondary N) is 2. The third-order valence-corrected chi connectivity index (χ3v) is 6.44. The van der Waals surface area contributed by atoms with Gasteiger partial charge in [0.05, 0.1) is 22.8 Å². The fraction of sp³-hybridized carbons (Fsp3) is 0.231. The lowest BCUT2D eigenvalue weighted by Gasteiger charge is -2.12. The van der Waals surface area contributed by atoms with Gasteiger partial charge >= 0.3 is 5.51 Å². The predicted molar refractivity (Wildman–Crippen MR) is 136 cm³/mol. The van der Waals surface area contributed by atoms with Crippen molar-refractivity contribution in [3.05, 3.63) is 83.9 Å². The Morgan fingerprint density at radius 2 is 1.68 bits per heavy atom. The molecule has 0 heterocycles. The summed E-state index contributed by atoms with van der Waals surface area (Å²) in [5, 5.41) is 5.32. The third kappa shape index (κ3) is 8.07. The third-order valence-electron chi connectivity index (χ3n) is 4.96. The van der Waals surface area contributed by atoms with Crippen molar-refractivity contribution in [3.63, 3.8) is 0 Å². The monoisotopic (exact) mass is 536 g/mol. The molecular formula is C26H27F3N2O5S. The summed E-state index contributed by atoms with van der Waals surface area (Å²) < 4.78 is 64.0. The van der Waals surface area contributed by atoms with Crippen molar-refractivity contribution in [2.45, 2.75) is 30.2 Å². The Kier molecular flexibility index (Phi) is 10.7. The molecule has 3 aromatic carbocycles. The molecule has 0 unspecified atom stereocenters. The highest BCUT2D eigenvalue weighted by molar-refractivity contribution is 7.92. The van der Waals surface area contributed by atoms with Gasteiger partial charge in [-0.25, -0.2) is 8.42 Å². The molecule has 0 spiro atoms. The van der Waals surface area contributed by atoms with Crippen molar-refractivity contribution in [1.82, 2.24) is 0 Å². The zero-order valence-corrected chi connectivity index (χ0v) is 21.0. The van der Waals surface area contributed by atoms with Gasteiger partial charge in [-0.2, -0.15) is 13.2 Å². The molecule has 1 amide bonds. The summed E-state index contributed by atoms with van der Waals surface area (Å²) in [4.78, 5) is 22.7. The first-order chi connectivity index (χ1) is 17.5. The standard InChI is InChI=1S/C18H19NO3.C8H8F3NO2S/c1-2-3-12-22-17-11-7-5-9-15(17)18(21)19-16-10-6-4-8-14(16)13-20;1-12-6-3-2-4-7(5-6)15(13,14)8(9,10)11/h4-11,13H,2-3,12H2,1H3,(H,19,21);2-5,12H,1H3. The molecule has 0 atom stereocenters. The van der Waals surface area contributed by atoms with E-state index in [1.54, 1.807) is 42.5 Å². The summed E-state index contributed by atoms with van der Waals surface area (Å²) in [5.74, 6) is 0.262. The number of carbonyl (C=O) groups is 2. The first-order valence-electron chi connectivity index (χ1n) is 11.2.